The third-order valence-corrected chi connectivity index (χ3v) is 5.55. The molecule has 0 unspecified atom stereocenters. The number of H-pyrrole nitrogens is 1. The van der Waals surface area contributed by atoms with Crippen molar-refractivity contribution in [2.75, 3.05) is 0 Å². The summed E-state index contributed by atoms with van der Waals surface area (Å²) in [7, 11) is 0. The number of thiophene rings is 1. The fourth-order valence-electron chi connectivity index (χ4n) is 2.56. The van der Waals surface area contributed by atoms with Crippen LogP contribution in [-0.2, 0) is 9.53 Å². The molecule has 0 aliphatic heterocycles. The third-order valence-electron chi connectivity index (χ3n) is 4.19. The van der Waals surface area contributed by atoms with E-state index < -0.39 is 18.2 Å². The van der Waals surface area contributed by atoms with E-state index in [4.69, 9.17) is 21.1 Å². The second kappa shape index (κ2) is 7.70. The standard InChI is InChI=1S/C19H19ClN2O4S/c1-9-12(4)27-18-15(9)17(23)21-16(22-18)10(2)26-19(24)11(3)25-14-7-5-13(20)6-8-14/h5-8,10-11H,1-4H3,(H,21,22,23)/t10-,11-/m1/s1. The molecule has 0 spiro atoms. The van der Waals surface area contributed by atoms with Gasteiger partial charge in [0, 0.05) is 9.90 Å². The molecule has 8 heteroatoms. The van der Waals surface area contributed by atoms with Gasteiger partial charge in [-0.15, -0.1) is 11.3 Å². The molecule has 0 aliphatic rings. The zero-order valence-electron chi connectivity index (χ0n) is 15.3. The molecule has 0 amide bonds. The first-order valence-corrected chi connectivity index (χ1v) is 9.58. The van der Waals surface area contributed by atoms with Gasteiger partial charge in [-0.2, -0.15) is 0 Å². The Labute approximate surface area is 165 Å². The number of ether oxygens (including phenoxy) is 2. The van der Waals surface area contributed by atoms with Crippen LogP contribution in [0.5, 0.6) is 5.75 Å². The molecule has 1 aromatic carbocycles. The minimum Gasteiger partial charge on any atom is -0.479 e. The fraction of sp³-hybridized carbons (Fsp3) is 0.316. The van der Waals surface area contributed by atoms with Crippen molar-refractivity contribution >= 4 is 39.1 Å². The molecule has 6 nitrogen and oxygen atoms in total. The SMILES string of the molecule is Cc1sc2nc([C@@H](C)OC(=O)[C@@H](C)Oc3ccc(Cl)cc3)[nH]c(=O)c2c1C. The van der Waals surface area contributed by atoms with E-state index in [1.165, 1.54) is 11.3 Å². The topological polar surface area (TPSA) is 81.3 Å². The lowest BCUT2D eigenvalue weighted by atomic mass is 10.2. The first kappa shape index (κ1) is 19.4. The van der Waals surface area contributed by atoms with Gasteiger partial charge in [0.15, 0.2) is 18.0 Å². The Bertz CT molecular complexity index is 1040. The van der Waals surface area contributed by atoms with Crippen LogP contribution in [-0.4, -0.2) is 22.0 Å². The van der Waals surface area contributed by atoms with Crippen molar-refractivity contribution in [2.24, 2.45) is 0 Å². The summed E-state index contributed by atoms with van der Waals surface area (Å²) in [5.41, 5.74) is 0.690. The van der Waals surface area contributed by atoms with Crippen molar-refractivity contribution in [3.8, 4) is 5.75 Å². The van der Waals surface area contributed by atoms with Gasteiger partial charge in [0.25, 0.3) is 5.56 Å². The highest BCUT2D eigenvalue weighted by Gasteiger charge is 2.22. The Balaban J connectivity index is 1.73. The van der Waals surface area contributed by atoms with Crippen LogP contribution >= 0.6 is 22.9 Å². The van der Waals surface area contributed by atoms with Gasteiger partial charge in [-0.05, 0) is 57.5 Å². The largest absolute Gasteiger partial charge is 0.479 e. The van der Waals surface area contributed by atoms with Crippen LogP contribution < -0.4 is 10.3 Å². The van der Waals surface area contributed by atoms with E-state index in [0.717, 1.165) is 10.4 Å². The summed E-state index contributed by atoms with van der Waals surface area (Å²) in [4.78, 5) is 33.5. The highest BCUT2D eigenvalue weighted by Crippen LogP contribution is 2.27. The van der Waals surface area contributed by atoms with Crippen molar-refractivity contribution in [1.29, 1.82) is 0 Å². The number of carbonyl (C=O) groups is 1. The normalized spacial score (nSPS) is 13.4. The Hall–Kier alpha value is -2.38. The molecule has 0 saturated carbocycles. The van der Waals surface area contributed by atoms with Gasteiger partial charge >= 0.3 is 5.97 Å². The predicted octanol–water partition coefficient (Wildman–Crippen LogP) is 4.33. The van der Waals surface area contributed by atoms with Crippen LogP contribution in [0, 0.1) is 13.8 Å². The maximum atomic E-state index is 12.4. The molecular formula is C19H19ClN2O4S. The minimum atomic E-state index is -0.824. The predicted molar refractivity (Wildman–Crippen MR) is 106 cm³/mol. The first-order valence-electron chi connectivity index (χ1n) is 8.39. The molecule has 0 bridgehead atoms. The molecule has 0 fully saturated rings. The van der Waals surface area contributed by atoms with Crippen molar-refractivity contribution in [3.05, 3.63) is 55.9 Å². The average molecular weight is 407 g/mol. The number of aromatic nitrogens is 2. The number of nitrogens with one attached hydrogen (secondary N) is 1. The number of nitrogens with zero attached hydrogens (tertiary/aromatic N) is 1. The number of aryl methyl sites for hydroxylation is 2. The van der Waals surface area contributed by atoms with Gasteiger partial charge < -0.3 is 14.5 Å². The van der Waals surface area contributed by atoms with Crippen LogP contribution in [0.15, 0.2) is 29.1 Å². The monoisotopic (exact) mass is 406 g/mol. The van der Waals surface area contributed by atoms with E-state index in [-0.39, 0.29) is 5.56 Å². The van der Waals surface area contributed by atoms with Crippen LogP contribution in [0.4, 0.5) is 0 Å². The molecule has 3 rings (SSSR count). The number of esters is 1. The van der Waals surface area contributed by atoms with Crippen molar-refractivity contribution < 1.29 is 14.3 Å². The van der Waals surface area contributed by atoms with Gasteiger partial charge in [0.2, 0.25) is 0 Å². The zero-order valence-corrected chi connectivity index (χ0v) is 16.9. The van der Waals surface area contributed by atoms with Crippen LogP contribution in [0.3, 0.4) is 0 Å². The summed E-state index contributed by atoms with van der Waals surface area (Å²) >= 11 is 7.28. The van der Waals surface area contributed by atoms with Crippen molar-refractivity contribution in [2.45, 2.75) is 39.9 Å². The molecule has 1 N–H and O–H groups in total. The highest BCUT2D eigenvalue weighted by atomic mass is 35.5. The molecule has 142 valence electrons. The summed E-state index contributed by atoms with van der Waals surface area (Å²) < 4.78 is 11.0. The van der Waals surface area contributed by atoms with Gasteiger partial charge in [0.1, 0.15) is 10.6 Å². The Kier molecular flexibility index (Phi) is 5.53. The maximum Gasteiger partial charge on any atom is 0.347 e. The van der Waals surface area contributed by atoms with E-state index in [9.17, 15) is 9.59 Å². The number of hydrogen-bond donors (Lipinski definition) is 1. The molecule has 2 heterocycles. The lowest BCUT2D eigenvalue weighted by Gasteiger charge is -2.17. The molecule has 0 aliphatic carbocycles. The molecule has 2 atom stereocenters. The van der Waals surface area contributed by atoms with Gasteiger partial charge in [-0.25, -0.2) is 9.78 Å². The van der Waals surface area contributed by atoms with Crippen LogP contribution in [0.25, 0.3) is 10.2 Å². The van der Waals surface area contributed by atoms with Gasteiger partial charge in [-0.3, -0.25) is 4.79 Å². The number of carbonyl (C=O) groups excluding carboxylic acids is 1. The molecule has 0 radical (unpaired) electrons. The molecule has 27 heavy (non-hydrogen) atoms. The minimum absolute atomic E-state index is 0.231. The highest BCUT2D eigenvalue weighted by molar-refractivity contribution is 7.18. The van der Waals surface area contributed by atoms with Crippen LogP contribution in [0.1, 0.15) is 36.2 Å². The number of hydrogen-bond acceptors (Lipinski definition) is 6. The lowest BCUT2D eigenvalue weighted by Crippen LogP contribution is -2.28. The van der Waals surface area contributed by atoms with Crippen LogP contribution in [0.2, 0.25) is 5.02 Å². The second-order valence-electron chi connectivity index (χ2n) is 6.21. The summed E-state index contributed by atoms with van der Waals surface area (Å²) in [6, 6.07) is 6.69. The number of benzene rings is 1. The number of rotatable bonds is 5. The van der Waals surface area contributed by atoms with E-state index >= 15 is 0 Å². The maximum absolute atomic E-state index is 12.4. The average Bonchev–Trinajstić information content (AvgIpc) is 2.91. The number of halogens is 1. The van der Waals surface area contributed by atoms with E-state index in [1.807, 2.05) is 13.8 Å². The zero-order chi connectivity index (χ0) is 19.7. The Morgan fingerprint density at radius 1 is 1.22 bits per heavy atom. The summed E-state index contributed by atoms with van der Waals surface area (Å²) in [5, 5.41) is 1.16. The molecular weight excluding hydrogens is 388 g/mol. The molecule has 3 aromatic rings. The Morgan fingerprint density at radius 3 is 2.56 bits per heavy atom. The summed E-state index contributed by atoms with van der Waals surface area (Å²) in [5.74, 6) is 0.258. The van der Waals surface area contributed by atoms with E-state index in [2.05, 4.69) is 9.97 Å². The van der Waals surface area contributed by atoms with Crippen molar-refractivity contribution in [3.63, 3.8) is 0 Å². The molecule has 2 aromatic heterocycles. The smallest absolute Gasteiger partial charge is 0.347 e. The van der Waals surface area contributed by atoms with Gasteiger partial charge in [-0.1, -0.05) is 11.6 Å². The quantitative estimate of drug-likeness (QED) is 0.638. The lowest BCUT2D eigenvalue weighted by molar-refractivity contribution is -0.156. The first-order chi connectivity index (χ1) is 12.8. The van der Waals surface area contributed by atoms with E-state index in [0.29, 0.717) is 26.8 Å². The van der Waals surface area contributed by atoms with Crippen molar-refractivity contribution in [1.82, 2.24) is 9.97 Å². The fourth-order valence-corrected chi connectivity index (χ4v) is 3.72. The summed E-state index contributed by atoms with van der Waals surface area (Å²) in [6.07, 6.45) is -1.54. The third kappa shape index (κ3) is 4.14. The molecule has 0 saturated heterocycles. The van der Waals surface area contributed by atoms with E-state index in [1.54, 1.807) is 38.1 Å². The van der Waals surface area contributed by atoms with Gasteiger partial charge in [0.05, 0.1) is 5.39 Å². The number of fused-ring (bicyclic) bond motifs is 1. The Morgan fingerprint density at radius 2 is 1.89 bits per heavy atom. The number of aromatic amines is 1. The second-order valence-corrected chi connectivity index (χ2v) is 7.85. The summed E-state index contributed by atoms with van der Waals surface area (Å²) in [6.45, 7) is 7.09.